The highest BCUT2D eigenvalue weighted by molar-refractivity contribution is 5.86. The summed E-state index contributed by atoms with van der Waals surface area (Å²) in [5, 5.41) is 19.1. The van der Waals surface area contributed by atoms with Gasteiger partial charge in [-0.05, 0) is 6.42 Å². The molecule has 0 spiro atoms. The standard InChI is InChI=1S/C34H45N3O4/c1-2-3-4-5-6-7-8-9-10-11-12-13-14-18-21-37-25-28(35-36-37)26-40-29-22-30(38)34-31(39)24-32(41-33(34)23-29)27-19-16-15-17-20-27/h15-17,19-20,22-25,38H,2-14,18,21,26H2,1H3. The van der Waals surface area contributed by atoms with Crippen LogP contribution < -0.4 is 10.2 Å². The number of aromatic nitrogens is 3. The van der Waals surface area contributed by atoms with Crippen LogP contribution in [0.1, 0.15) is 103 Å². The van der Waals surface area contributed by atoms with Crippen LogP contribution in [0, 0.1) is 0 Å². The first-order valence-electron chi connectivity index (χ1n) is 15.5. The molecular weight excluding hydrogens is 514 g/mol. The number of aryl methyl sites for hydroxylation is 1. The fourth-order valence-electron chi connectivity index (χ4n) is 5.21. The van der Waals surface area contributed by atoms with E-state index in [2.05, 4.69) is 17.2 Å². The van der Waals surface area contributed by atoms with Gasteiger partial charge in [0, 0.05) is 30.3 Å². The molecule has 1 N–H and O–H groups in total. The normalized spacial score (nSPS) is 11.3. The first-order chi connectivity index (χ1) is 20.1. The average Bonchev–Trinajstić information content (AvgIpc) is 3.44. The minimum absolute atomic E-state index is 0.135. The second kappa shape index (κ2) is 16.6. The summed E-state index contributed by atoms with van der Waals surface area (Å²) in [6, 6.07) is 13.8. The maximum Gasteiger partial charge on any atom is 0.197 e. The molecule has 7 nitrogen and oxygen atoms in total. The zero-order chi connectivity index (χ0) is 28.7. The van der Waals surface area contributed by atoms with E-state index in [4.69, 9.17) is 9.15 Å². The smallest absolute Gasteiger partial charge is 0.197 e. The highest BCUT2D eigenvalue weighted by atomic mass is 16.5. The maximum absolute atomic E-state index is 12.6. The molecule has 0 saturated heterocycles. The molecule has 0 saturated carbocycles. The van der Waals surface area contributed by atoms with Crippen LogP contribution in [-0.4, -0.2) is 20.1 Å². The van der Waals surface area contributed by atoms with Gasteiger partial charge in [0.05, 0.1) is 6.20 Å². The SMILES string of the molecule is CCCCCCCCCCCCCCCCn1cc(COc2cc(O)c3c(=O)cc(-c4ccccc4)oc3c2)nn1. The molecule has 2 aromatic heterocycles. The van der Waals surface area contributed by atoms with Gasteiger partial charge in [-0.3, -0.25) is 9.48 Å². The van der Waals surface area contributed by atoms with Crippen LogP contribution in [0.25, 0.3) is 22.3 Å². The Labute approximate surface area is 243 Å². The zero-order valence-corrected chi connectivity index (χ0v) is 24.5. The second-order valence-corrected chi connectivity index (χ2v) is 11.0. The van der Waals surface area contributed by atoms with Gasteiger partial charge in [0.15, 0.2) is 5.43 Å². The Kier molecular flexibility index (Phi) is 12.3. The second-order valence-electron chi connectivity index (χ2n) is 11.0. The summed E-state index contributed by atoms with van der Waals surface area (Å²) in [6.45, 7) is 3.32. The zero-order valence-electron chi connectivity index (χ0n) is 24.5. The molecule has 0 unspecified atom stereocenters. The van der Waals surface area contributed by atoms with Crippen molar-refractivity contribution >= 4 is 11.0 Å². The average molecular weight is 560 g/mol. The third-order valence-corrected chi connectivity index (χ3v) is 7.56. The van der Waals surface area contributed by atoms with E-state index in [0.717, 1.165) is 18.5 Å². The number of benzene rings is 2. The van der Waals surface area contributed by atoms with Crippen molar-refractivity contribution in [1.29, 1.82) is 0 Å². The van der Waals surface area contributed by atoms with Crippen molar-refractivity contribution in [3.05, 3.63) is 70.6 Å². The number of hydrogen-bond donors (Lipinski definition) is 1. The molecule has 2 heterocycles. The predicted octanol–water partition coefficient (Wildman–Crippen LogP) is 8.82. The first kappa shape index (κ1) is 30.4. The fourth-order valence-corrected chi connectivity index (χ4v) is 5.21. The lowest BCUT2D eigenvalue weighted by molar-refractivity contribution is 0.299. The number of phenolic OH excluding ortho intramolecular Hbond substituents is 1. The third kappa shape index (κ3) is 9.76. The van der Waals surface area contributed by atoms with Crippen molar-refractivity contribution in [2.24, 2.45) is 0 Å². The molecule has 4 rings (SSSR count). The molecule has 0 radical (unpaired) electrons. The van der Waals surface area contributed by atoms with Gasteiger partial charge in [0.25, 0.3) is 0 Å². The van der Waals surface area contributed by atoms with Crippen LogP contribution in [0.3, 0.4) is 0 Å². The predicted molar refractivity (Wildman–Crippen MR) is 164 cm³/mol. The number of rotatable bonds is 19. The fraction of sp³-hybridized carbons (Fsp3) is 0.500. The summed E-state index contributed by atoms with van der Waals surface area (Å²) < 4.78 is 13.7. The van der Waals surface area contributed by atoms with E-state index in [1.54, 1.807) is 6.07 Å². The Hall–Kier alpha value is -3.61. The van der Waals surface area contributed by atoms with E-state index < -0.39 is 0 Å². The molecule has 0 aliphatic carbocycles. The van der Waals surface area contributed by atoms with E-state index in [0.29, 0.717) is 17.2 Å². The van der Waals surface area contributed by atoms with E-state index in [1.807, 2.05) is 41.2 Å². The van der Waals surface area contributed by atoms with Gasteiger partial charge >= 0.3 is 0 Å². The molecule has 2 aromatic carbocycles. The van der Waals surface area contributed by atoms with Crippen LogP contribution in [0.4, 0.5) is 0 Å². The lowest BCUT2D eigenvalue weighted by Crippen LogP contribution is -2.02. The molecule has 220 valence electrons. The van der Waals surface area contributed by atoms with Crippen molar-refractivity contribution in [3.63, 3.8) is 0 Å². The van der Waals surface area contributed by atoms with Gasteiger partial charge in [0.2, 0.25) is 0 Å². The molecule has 7 heteroatoms. The van der Waals surface area contributed by atoms with Crippen molar-refractivity contribution in [2.75, 3.05) is 0 Å². The Bertz CT molecular complexity index is 1380. The van der Waals surface area contributed by atoms with Crippen LogP contribution in [0.5, 0.6) is 11.5 Å². The molecule has 0 atom stereocenters. The maximum atomic E-state index is 12.6. The lowest BCUT2D eigenvalue weighted by Gasteiger charge is -2.08. The molecule has 0 aliphatic rings. The van der Waals surface area contributed by atoms with E-state index in [1.165, 1.54) is 95.6 Å². The summed E-state index contributed by atoms with van der Waals surface area (Å²) >= 11 is 0. The largest absolute Gasteiger partial charge is 0.507 e. The summed E-state index contributed by atoms with van der Waals surface area (Å²) in [5.74, 6) is 0.656. The quantitative estimate of drug-likeness (QED) is 0.115. The number of fused-ring (bicyclic) bond motifs is 1. The van der Waals surface area contributed by atoms with Crippen molar-refractivity contribution in [2.45, 2.75) is 110 Å². The minimum atomic E-state index is -0.305. The number of aromatic hydroxyl groups is 1. The van der Waals surface area contributed by atoms with Crippen molar-refractivity contribution in [1.82, 2.24) is 15.0 Å². The molecule has 41 heavy (non-hydrogen) atoms. The molecule has 0 bridgehead atoms. The summed E-state index contributed by atoms with van der Waals surface area (Å²) in [7, 11) is 0. The first-order valence-corrected chi connectivity index (χ1v) is 15.5. The molecule has 0 fully saturated rings. The van der Waals surface area contributed by atoms with E-state index in [9.17, 15) is 9.90 Å². The Morgan fingerprint density at radius 3 is 2.12 bits per heavy atom. The molecule has 4 aromatic rings. The van der Waals surface area contributed by atoms with Gasteiger partial charge < -0.3 is 14.3 Å². The number of hydrogen-bond acceptors (Lipinski definition) is 6. The highest BCUT2D eigenvalue weighted by Crippen LogP contribution is 2.31. The number of phenols is 1. The lowest BCUT2D eigenvalue weighted by atomic mass is 10.0. The van der Waals surface area contributed by atoms with Gasteiger partial charge in [0.1, 0.15) is 40.5 Å². The minimum Gasteiger partial charge on any atom is -0.507 e. The van der Waals surface area contributed by atoms with E-state index >= 15 is 0 Å². The van der Waals surface area contributed by atoms with Crippen molar-refractivity contribution in [3.8, 4) is 22.8 Å². The van der Waals surface area contributed by atoms with Gasteiger partial charge in [-0.1, -0.05) is 126 Å². The van der Waals surface area contributed by atoms with Crippen LogP contribution in [0.15, 0.2) is 63.9 Å². The van der Waals surface area contributed by atoms with Crippen LogP contribution >= 0.6 is 0 Å². The molecule has 0 amide bonds. The topological polar surface area (TPSA) is 90.4 Å². The van der Waals surface area contributed by atoms with Gasteiger partial charge in [-0.2, -0.15) is 0 Å². The molecule has 0 aliphatic heterocycles. The Morgan fingerprint density at radius 1 is 0.829 bits per heavy atom. The van der Waals surface area contributed by atoms with E-state index in [-0.39, 0.29) is 28.8 Å². The van der Waals surface area contributed by atoms with Crippen molar-refractivity contribution < 1.29 is 14.3 Å². The Balaban J connectivity index is 1.15. The summed E-state index contributed by atoms with van der Waals surface area (Å²) in [4.78, 5) is 12.6. The summed E-state index contributed by atoms with van der Waals surface area (Å²) in [6.07, 6.45) is 20.7. The number of nitrogens with zero attached hydrogens (tertiary/aromatic N) is 3. The molecular formula is C34H45N3O4. The van der Waals surface area contributed by atoms with Gasteiger partial charge in [-0.25, -0.2) is 0 Å². The van der Waals surface area contributed by atoms with Crippen LogP contribution in [-0.2, 0) is 13.2 Å². The highest BCUT2D eigenvalue weighted by Gasteiger charge is 2.13. The number of ether oxygens (including phenoxy) is 1. The summed E-state index contributed by atoms with van der Waals surface area (Å²) in [5.41, 5.74) is 1.45. The van der Waals surface area contributed by atoms with Crippen LogP contribution in [0.2, 0.25) is 0 Å². The Morgan fingerprint density at radius 2 is 1.46 bits per heavy atom. The van der Waals surface area contributed by atoms with Gasteiger partial charge in [-0.15, -0.1) is 5.10 Å². The third-order valence-electron chi connectivity index (χ3n) is 7.56. The monoisotopic (exact) mass is 559 g/mol. The number of unbranched alkanes of at least 4 members (excludes halogenated alkanes) is 13.